The lowest BCUT2D eigenvalue weighted by Gasteiger charge is -2.20. The first-order chi connectivity index (χ1) is 11.9. The molecule has 2 amide bonds. The van der Waals surface area contributed by atoms with Gasteiger partial charge in [-0.1, -0.05) is 33.6 Å². The van der Waals surface area contributed by atoms with E-state index in [0.29, 0.717) is 5.13 Å². The zero-order valence-corrected chi connectivity index (χ0v) is 16.4. The SMILES string of the molecule is CCCC1CCc2nc(NC(=O)C(NC(=O)OCC)C(C)C)sc2C1. The van der Waals surface area contributed by atoms with Crippen LogP contribution in [0.25, 0.3) is 0 Å². The van der Waals surface area contributed by atoms with Crippen LogP contribution >= 0.6 is 11.3 Å². The molecule has 0 bridgehead atoms. The molecule has 0 aliphatic heterocycles. The summed E-state index contributed by atoms with van der Waals surface area (Å²) in [5.74, 6) is 0.433. The molecule has 1 aliphatic rings. The number of thiazole rings is 1. The van der Waals surface area contributed by atoms with E-state index in [1.165, 1.54) is 24.1 Å². The van der Waals surface area contributed by atoms with E-state index in [0.717, 1.165) is 24.5 Å². The Morgan fingerprint density at radius 3 is 2.76 bits per heavy atom. The molecule has 1 aromatic heterocycles. The molecule has 2 unspecified atom stereocenters. The Bertz CT molecular complexity index is 600. The monoisotopic (exact) mass is 367 g/mol. The Morgan fingerprint density at radius 1 is 1.36 bits per heavy atom. The van der Waals surface area contributed by atoms with E-state index >= 15 is 0 Å². The minimum absolute atomic E-state index is 0.0482. The van der Waals surface area contributed by atoms with Gasteiger partial charge >= 0.3 is 6.09 Å². The molecule has 0 fully saturated rings. The number of rotatable bonds is 7. The van der Waals surface area contributed by atoms with Gasteiger partial charge < -0.3 is 15.4 Å². The summed E-state index contributed by atoms with van der Waals surface area (Å²) in [5.41, 5.74) is 1.12. The molecule has 1 aliphatic carbocycles. The van der Waals surface area contributed by atoms with Crippen LogP contribution in [0.15, 0.2) is 0 Å². The van der Waals surface area contributed by atoms with Crippen LogP contribution in [0.2, 0.25) is 0 Å². The third-order valence-electron chi connectivity index (χ3n) is 4.47. The van der Waals surface area contributed by atoms with Crippen molar-refractivity contribution in [1.29, 1.82) is 0 Å². The highest BCUT2D eigenvalue weighted by Crippen LogP contribution is 2.34. The van der Waals surface area contributed by atoms with Gasteiger partial charge in [-0.2, -0.15) is 0 Å². The molecule has 0 radical (unpaired) electrons. The summed E-state index contributed by atoms with van der Waals surface area (Å²) >= 11 is 1.56. The molecule has 2 N–H and O–H groups in total. The minimum Gasteiger partial charge on any atom is -0.450 e. The topological polar surface area (TPSA) is 80.3 Å². The first kappa shape index (κ1) is 19.7. The van der Waals surface area contributed by atoms with Crippen LogP contribution in [0, 0.1) is 11.8 Å². The number of aryl methyl sites for hydroxylation is 1. The molecule has 140 valence electrons. The molecule has 6 nitrogen and oxygen atoms in total. The maximum Gasteiger partial charge on any atom is 0.407 e. The van der Waals surface area contributed by atoms with Crippen molar-refractivity contribution in [3.8, 4) is 0 Å². The summed E-state index contributed by atoms with van der Waals surface area (Å²) < 4.78 is 4.88. The third-order valence-corrected chi connectivity index (χ3v) is 5.50. The number of carbonyl (C=O) groups is 2. The van der Waals surface area contributed by atoms with Gasteiger partial charge in [-0.25, -0.2) is 9.78 Å². The Hall–Kier alpha value is -1.63. The zero-order chi connectivity index (χ0) is 18.4. The van der Waals surface area contributed by atoms with Crippen molar-refractivity contribution in [3.63, 3.8) is 0 Å². The minimum atomic E-state index is -0.646. The molecule has 2 atom stereocenters. The van der Waals surface area contributed by atoms with Crippen molar-refractivity contribution >= 4 is 28.5 Å². The van der Waals surface area contributed by atoms with E-state index < -0.39 is 12.1 Å². The van der Waals surface area contributed by atoms with Gasteiger partial charge in [0.2, 0.25) is 5.91 Å². The Kier molecular flexibility index (Phi) is 7.23. The lowest BCUT2D eigenvalue weighted by Crippen LogP contribution is -2.47. The average molecular weight is 368 g/mol. The number of aromatic nitrogens is 1. The van der Waals surface area contributed by atoms with Crippen LogP contribution in [0.3, 0.4) is 0 Å². The van der Waals surface area contributed by atoms with Crippen LogP contribution in [0.5, 0.6) is 0 Å². The van der Waals surface area contributed by atoms with E-state index in [2.05, 4.69) is 22.5 Å². The van der Waals surface area contributed by atoms with E-state index in [4.69, 9.17) is 4.74 Å². The average Bonchev–Trinajstić information content (AvgIpc) is 2.94. The zero-order valence-electron chi connectivity index (χ0n) is 15.6. The van der Waals surface area contributed by atoms with Gasteiger partial charge in [-0.15, -0.1) is 11.3 Å². The van der Waals surface area contributed by atoms with Crippen molar-refractivity contribution in [2.24, 2.45) is 11.8 Å². The maximum atomic E-state index is 12.6. The number of hydrogen-bond donors (Lipinski definition) is 2. The number of hydrogen-bond acceptors (Lipinski definition) is 5. The normalized spacial score (nSPS) is 17.7. The van der Waals surface area contributed by atoms with E-state index in [-0.39, 0.29) is 18.4 Å². The number of alkyl carbamates (subject to hydrolysis) is 1. The number of fused-ring (bicyclic) bond motifs is 1. The van der Waals surface area contributed by atoms with Crippen LogP contribution < -0.4 is 10.6 Å². The lowest BCUT2D eigenvalue weighted by atomic mass is 9.88. The molecule has 7 heteroatoms. The molecular weight excluding hydrogens is 338 g/mol. The summed E-state index contributed by atoms with van der Waals surface area (Å²) in [6.07, 6.45) is 5.11. The summed E-state index contributed by atoms with van der Waals surface area (Å²) in [6.45, 7) is 8.00. The Labute approximate surface area is 153 Å². The van der Waals surface area contributed by atoms with Crippen molar-refractivity contribution in [3.05, 3.63) is 10.6 Å². The van der Waals surface area contributed by atoms with Crippen LogP contribution in [-0.2, 0) is 22.4 Å². The number of nitrogens with one attached hydrogen (secondary N) is 2. The molecule has 0 aromatic carbocycles. The second-order valence-electron chi connectivity index (χ2n) is 6.86. The largest absolute Gasteiger partial charge is 0.450 e. The lowest BCUT2D eigenvalue weighted by molar-refractivity contribution is -0.119. The van der Waals surface area contributed by atoms with Gasteiger partial charge in [0.25, 0.3) is 0 Å². The van der Waals surface area contributed by atoms with Gasteiger partial charge in [-0.3, -0.25) is 4.79 Å². The van der Waals surface area contributed by atoms with Crippen molar-refractivity contribution in [2.75, 3.05) is 11.9 Å². The summed E-state index contributed by atoms with van der Waals surface area (Å²) in [6, 6.07) is -0.646. The summed E-state index contributed by atoms with van der Waals surface area (Å²) in [4.78, 5) is 30.1. The number of ether oxygens (including phenoxy) is 1. The summed E-state index contributed by atoms with van der Waals surface area (Å²) in [5, 5.41) is 6.13. The van der Waals surface area contributed by atoms with Crippen LogP contribution in [0.4, 0.5) is 9.93 Å². The second-order valence-corrected chi connectivity index (χ2v) is 7.95. The fourth-order valence-corrected chi connectivity index (χ4v) is 4.29. The number of nitrogens with zero attached hydrogens (tertiary/aromatic N) is 1. The quantitative estimate of drug-likeness (QED) is 0.769. The highest BCUT2D eigenvalue weighted by molar-refractivity contribution is 7.15. The predicted octanol–water partition coefficient (Wildman–Crippen LogP) is 3.76. The fraction of sp³-hybridized carbons (Fsp3) is 0.722. The van der Waals surface area contributed by atoms with E-state index in [9.17, 15) is 9.59 Å². The fourth-order valence-electron chi connectivity index (χ4n) is 3.17. The number of carbonyl (C=O) groups excluding carboxylic acids is 2. The van der Waals surface area contributed by atoms with Gasteiger partial charge in [-0.05, 0) is 38.0 Å². The van der Waals surface area contributed by atoms with Crippen molar-refractivity contribution in [1.82, 2.24) is 10.3 Å². The second kappa shape index (κ2) is 9.17. The van der Waals surface area contributed by atoms with E-state index in [1.54, 1.807) is 18.3 Å². The first-order valence-corrected chi connectivity index (χ1v) is 9.98. The Balaban J connectivity index is 2.00. The van der Waals surface area contributed by atoms with E-state index in [1.807, 2.05) is 13.8 Å². The maximum absolute atomic E-state index is 12.6. The molecule has 0 saturated carbocycles. The Morgan fingerprint density at radius 2 is 2.12 bits per heavy atom. The molecule has 1 heterocycles. The third kappa shape index (κ3) is 5.42. The predicted molar refractivity (Wildman–Crippen MR) is 100.0 cm³/mol. The van der Waals surface area contributed by atoms with Crippen LogP contribution in [0.1, 0.15) is 57.5 Å². The highest BCUT2D eigenvalue weighted by atomic mass is 32.1. The van der Waals surface area contributed by atoms with Gasteiger partial charge in [0.15, 0.2) is 5.13 Å². The van der Waals surface area contributed by atoms with Gasteiger partial charge in [0.05, 0.1) is 12.3 Å². The van der Waals surface area contributed by atoms with Crippen LogP contribution in [-0.4, -0.2) is 29.6 Å². The summed E-state index contributed by atoms with van der Waals surface area (Å²) in [7, 11) is 0. The van der Waals surface area contributed by atoms with Crippen molar-refractivity contribution < 1.29 is 14.3 Å². The molecule has 2 rings (SSSR count). The molecule has 25 heavy (non-hydrogen) atoms. The smallest absolute Gasteiger partial charge is 0.407 e. The van der Waals surface area contributed by atoms with Gasteiger partial charge in [0, 0.05) is 4.88 Å². The molecule has 1 aromatic rings. The number of anilines is 1. The van der Waals surface area contributed by atoms with Gasteiger partial charge in [0.1, 0.15) is 6.04 Å². The number of amides is 2. The molecule has 0 spiro atoms. The molecule has 0 saturated heterocycles. The first-order valence-electron chi connectivity index (χ1n) is 9.17. The van der Waals surface area contributed by atoms with Crippen molar-refractivity contribution in [2.45, 2.75) is 65.8 Å². The highest BCUT2D eigenvalue weighted by Gasteiger charge is 2.27. The molecular formula is C18H29N3O3S. The standard InChI is InChI=1S/C18H29N3O3S/c1-5-7-12-8-9-13-14(10-12)25-17(19-13)21-16(22)15(11(3)4)20-18(23)24-6-2/h11-12,15H,5-10H2,1-4H3,(H,20,23)(H,19,21,22).